The second kappa shape index (κ2) is 5.78. The average Bonchev–Trinajstić information content (AvgIpc) is 2.90. The fourth-order valence-electron chi connectivity index (χ4n) is 1.69. The van der Waals surface area contributed by atoms with Crippen molar-refractivity contribution >= 4 is 22.7 Å². The van der Waals surface area contributed by atoms with Gasteiger partial charge in [-0.15, -0.1) is 22.7 Å². The summed E-state index contributed by atoms with van der Waals surface area (Å²) in [5.74, 6) is 0. The number of hydrogen-bond acceptors (Lipinski definition) is 4. The average molecular weight is 266 g/mol. The normalized spacial score (nSPS) is 12.9. The summed E-state index contributed by atoms with van der Waals surface area (Å²) in [6.07, 6.45) is 0. The molecule has 92 valence electrons. The van der Waals surface area contributed by atoms with Gasteiger partial charge in [-0.2, -0.15) is 0 Å². The van der Waals surface area contributed by atoms with Gasteiger partial charge >= 0.3 is 0 Å². The lowest BCUT2D eigenvalue weighted by atomic mass is 10.2. The van der Waals surface area contributed by atoms with Gasteiger partial charge in [0.1, 0.15) is 0 Å². The van der Waals surface area contributed by atoms with Crippen LogP contribution in [0.1, 0.15) is 26.2 Å². The first-order chi connectivity index (χ1) is 8.16. The molecule has 0 radical (unpaired) electrons. The van der Waals surface area contributed by atoms with E-state index in [4.69, 9.17) is 5.73 Å². The number of hydrogen-bond donors (Lipinski definition) is 2. The third kappa shape index (κ3) is 3.39. The fourth-order valence-corrected chi connectivity index (χ4v) is 3.44. The molecule has 2 aromatic rings. The minimum atomic E-state index is 0.108. The Hall–Kier alpha value is -0.680. The molecule has 2 rings (SSSR count). The third-order valence-electron chi connectivity index (χ3n) is 2.79. The SMILES string of the molecule is Cc1cc(CNCC(N)c2cccs2)sc1C. The highest BCUT2D eigenvalue weighted by molar-refractivity contribution is 7.12. The number of thiophene rings is 2. The highest BCUT2D eigenvalue weighted by Gasteiger charge is 2.07. The molecule has 1 unspecified atom stereocenters. The Morgan fingerprint density at radius 2 is 2.24 bits per heavy atom. The van der Waals surface area contributed by atoms with E-state index in [9.17, 15) is 0 Å². The molecule has 0 amide bonds. The van der Waals surface area contributed by atoms with E-state index in [-0.39, 0.29) is 6.04 Å². The molecule has 4 heteroatoms. The molecule has 2 aromatic heterocycles. The summed E-state index contributed by atoms with van der Waals surface area (Å²) >= 11 is 3.58. The van der Waals surface area contributed by atoms with E-state index in [0.29, 0.717) is 0 Å². The molecule has 0 saturated carbocycles. The minimum Gasteiger partial charge on any atom is -0.322 e. The molecule has 0 bridgehead atoms. The van der Waals surface area contributed by atoms with E-state index in [1.54, 1.807) is 11.3 Å². The second-order valence-electron chi connectivity index (χ2n) is 4.20. The van der Waals surface area contributed by atoms with E-state index in [2.05, 4.69) is 36.7 Å². The zero-order chi connectivity index (χ0) is 12.3. The zero-order valence-corrected chi connectivity index (χ0v) is 11.8. The lowest BCUT2D eigenvalue weighted by molar-refractivity contribution is 0.608. The van der Waals surface area contributed by atoms with Gasteiger partial charge in [0.2, 0.25) is 0 Å². The first kappa shape index (κ1) is 12.8. The van der Waals surface area contributed by atoms with Crippen LogP contribution in [-0.4, -0.2) is 6.54 Å². The maximum atomic E-state index is 6.09. The Morgan fingerprint density at radius 3 is 2.82 bits per heavy atom. The van der Waals surface area contributed by atoms with E-state index >= 15 is 0 Å². The van der Waals surface area contributed by atoms with Crippen molar-refractivity contribution in [2.24, 2.45) is 5.73 Å². The molecule has 0 fully saturated rings. The highest BCUT2D eigenvalue weighted by Crippen LogP contribution is 2.20. The second-order valence-corrected chi connectivity index (χ2v) is 6.52. The van der Waals surface area contributed by atoms with Gasteiger partial charge < -0.3 is 11.1 Å². The number of aryl methyl sites for hydroxylation is 2. The van der Waals surface area contributed by atoms with Gasteiger partial charge in [-0.1, -0.05) is 6.07 Å². The maximum absolute atomic E-state index is 6.09. The standard InChI is InChI=1S/C13H18N2S2/c1-9-6-11(17-10(9)2)7-15-8-12(14)13-4-3-5-16-13/h3-6,12,15H,7-8,14H2,1-2H3. The largest absolute Gasteiger partial charge is 0.322 e. The summed E-state index contributed by atoms with van der Waals surface area (Å²) in [4.78, 5) is 4.04. The lowest BCUT2D eigenvalue weighted by Gasteiger charge is -2.10. The summed E-state index contributed by atoms with van der Waals surface area (Å²) in [7, 11) is 0. The molecular formula is C13H18N2S2. The number of nitrogens with two attached hydrogens (primary N) is 1. The Bertz CT molecular complexity index is 440. The van der Waals surface area contributed by atoms with E-state index in [0.717, 1.165) is 13.1 Å². The van der Waals surface area contributed by atoms with E-state index in [1.807, 2.05) is 17.4 Å². The van der Waals surface area contributed by atoms with Gasteiger partial charge in [-0.05, 0) is 36.9 Å². The van der Waals surface area contributed by atoms with Gasteiger partial charge in [0, 0.05) is 27.7 Å². The molecule has 0 aliphatic heterocycles. The van der Waals surface area contributed by atoms with Crippen molar-refractivity contribution < 1.29 is 0 Å². The summed E-state index contributed by atoms with van der Waals surface area (Å²) in [6, 6.07) is 6.50. The van der Waals surface area contributed by atoms with Crippen molar-refractivity contribution in [1.82, 2.24) is 5.32 Å². The fraction of sp³-hybridized carbons (Fsp3) is 0.385. The molecule has 17 heavy (non-hydrogen) atoms. The molecule has 0 aromatic carbocycles. The van der Waals surface area contributed by atoms with Crippen molar-refractivity contribution in [3.05, 3.63) is 43.8 Å². The van der Waals surface area contributed by atoms with Crippen molar-refractivity contribution in [2.75, 3.05) is 6.54 Å². The van der Waals surface area contributed by atoms with Crippen LogP contribution in [0.4, 0.5) is 0 Å². The minimum absolute atomic E-state index is 0.108. The molecule has 0 aliphatic carbocycles. The monoisotopic (exact) mass is 266 g/mol. The van der Waals surface area contributed by atoms with E-state index in [1.165, 1.54) is 20.2 Å². The predicted molar refractivity (Wildman–Crippen MR) is 76.7 cm³/mol. The van der Waals surface area contributed by atoms with Crippen LogP contribution in [0.25, 0.3) is 0 Å². The van der Waals surface area contributed by atoms with Gasteiger partial charge in [0.15, 0.2) is 0 Å². The molecule has 0 aliphatic rings. The van der Waals surface area contributed by atoms with Crippen LogP contribution in [0, 0.1) is 13.8 Å². The van der Waals surface area contributed by atoms with Gasteiger partial charge in [-0.25, -0.2) is 0 Å². The smallest absolute Gasteiger partial charge is 0.0516 e. The summed E-state index contributed by atoms with van der Waals surface area (Å²) in [6.45, 7) is 6.07. The molecule has 0 spiro atoms. The maximum Gasteiger partial charge on any atom is 0.0516 e. The lowest BCUT2D eigenvalue weighted by Crippen LogP contribution is -2.25. The van der Waals surface area contributed by atoms with Crippen molar-refractivity contribution in [3.8, 4) is 0 Å². The number of rotatable bonds is 5. The first-order valence-corrected chi connectivity index (χ1v) is 7.42. The van der Waals surface area contributed by atoms with Gasteiger partial charge in [0.25, 0.3) is 0 Å². The molecular weight excluding hydrogens is 248 g/mol. The zero-order valence-electron chi connectivity index (χ0n) is 10.2. The summed E-state index contributed by atoms with van der Waals surface area (Å²) in [5.41, 5.74) is 7.47. The van der Waals surface area contributed by atoms with Crippen molar-refractivity contribution in [2.45, 2.75) is 26.4 Å². The molecule has 1 atom stereocenters. The predicted octanol–water partition coefficient (Wildman–Crippen LogP) is 3.22. The van der Waals surface area contributed by atoms with Crippen LogP contribution >= 0.6 is 22.7 Å². The van der Waals surface area contributed by atoms with Gasteiger partial charge in [0.05, 0.1) is 6.04 Å². The van der Waals surface area contributed by atoms with Crippen LogP contribution in [0.3, 0.4) is 0 Å². The Kier molecular flexibility index (Phi) is 4.34. The van der Waals surface area contributed by atoms with Crippen LogP contribution in [0.5, 0.6) is 0 Å². The Labute approximate surface area is 110 Å². The van der Waals surface area contributed by atoms with Crippen molar-refractivity contribution in [1.29, 1.82) is 0 Å². The molecule has 2 heterocycles. The first-order valence-electron chi connectivity index (χ1n) is 5.72. The quantitative estimate of drug-likeness (QED) is 0.872. The van der Waals surface area contributed by atoms with Crippen LogP contribution in [0.2, 0.25) is 0 Å². The van der Waals surface area contributed by atoms with Crippen LogP contribution < -0.4 is 11.1 Å². The molecule has 3 N–H and O–H groups in total. The summed E-state index contributed by atoms with van der Waals surface area (Å²) < 4.78 is 0. The Morgan fingerprint density at radius 1 is 1.41 bits per heavy atom. The van der Waals surface area contributed by atoms with Crippen LogP contribution in [-0.2, 0) is 6.54 Å². The number of nitrogens with one attached hydrogen (secondary N) is 1. The molecule has 2 nitrogen and oxygen atoms in total. The van der Waals surface area contributed by atoms with Crippen LogP contribution in [0.15, 0.2) is 23.6 Å². The van der Waals surface area contributed by atoms with Gasteiger partial charge in [-0.3, -0.25) is 0 Å². The van der Waals surface area contributed by atoms with E-state index < -0.39 is 0 Å². The van der Waals surface area contributed by atoms with Crippen molar-refractivity contribution in [3.63, 3.8) is 0 Å². The molecule has 0 saturated heterocycles. The Balaban J connectivity index is 1.80. The third-order valence-corrected chi connectivity index (χ3v) is 4.95. The summed E-state index contributed by atoms with van der Waals surface area (Å²) in [5, 5.41) is 5.49. The topological polar surface area (TPSA) is 38.0 Å². The highest BCUT2D eigenvalue weighted by atomic mass is 32.1.